The van der Waals surface area contributed by atoms with Gasteiger partial charge in [0.05, 0.1) is 18.8 Å². The highest BCUT2D eigenvalue weighted by atomic mass is 16.6. The van der Waals surface area contributed by atoms with Crippen LogP contribution < -0.4 is 5.32 Å². The van der Waals surface area contributed by atoms with Crippen LogP contribution in [0.3, 0.4) is 0 Å². The third kappa shape index (κ3) is 2.49. The zero-order valence-electron chi connectivity index (χ0n) is 11.2. The Kier molecular flexibility index (Phi) is 4.24. The maximum absolute atomic E-state index is 12.0. The van der Waals surface area contributed by atoms with Gasteiger partial charge in [-0.2, -0.15) is 0 Å². The van der Waals surface area contributed by atoms with Gasteiger partial charge in [0, 0.05) is 0 Å². The van der Waals surface area contributed by atoms with E-state index < -0.39 is 36.0 Å². The Hall–Kier alpha value is -1.28. The van der Waals surface area contributed by atoms with Crippen molar-refractivity contribution in [2.24, 2.45) is 0 Å². The van der Waals surface area contributed by atoms with Gasteiger partial charge in [-0.1, -0.05) is 13.3 Å². The van der Waals surface area contributed by atoms with E-state index in [1.165, 1.54) is 6.08 Å². The Labute approximate surface area is 116 Å². The topological polar surface area (TPSA) is 119 Å². The first-order valence-corrected chi connectivity index (χ1v) is 6.65. The molecule has 0 radical (unpaired) electrons. The number of rotatable bonds is 6. The van der Waals surface area contributed by atoms with Crippen molar-refractivity contribution < 1.29 is 29.6 Å². The first-order chi connectivity index (χ1) is 9.44. The lowest BCUT2D eigenvalue weighted by molar-refractivity contribution is -0.154. The summed E-state index contributed by atoms with van der Waals surface area (Å²) < 4.78 is 5.28. The van der Waals surface area contributed by atoms with Crippen LogP contribution in [0.2, 0.25) is 0 Å². The van der Waals surface area contributed by atoms with Gasteiger partial charge < -0.3 is 25.4 Å². The van der Waals surface area contributed by atoms with Crippen LogP contribution in [0.1, 0.15) is 19.8 Å². The molecule has 5 atom stereocenters. The molecule has 20 heavy (non-hydrogen) atoms. The molecule has 2 aliphatic rings. The fourth-order valence-corrected chi connectivity index (χ4v) is 2.34. The van der Waals surface area contributed by atoms with Gasteiger partial charge in [0.25, 0.3) is 5.91 Å². The lowest BCUT2D eigenvalue weighted by Crippen LogP contribution is -2.52. The molecule has 2 fully saturated rings. The molecule has 2 rings (SSSR count). The number of aliphatic hydroxyl groups is 3. The zero-order chi connectivity index (χ0) is 14.9. The van der Waals surface area contributed by atoms with Gasteiger partial charge in [0.1, 0.15) is 12.2 Å². The lowest BCUT2D eigenvalue weighted by atomic mass is 9.91. The van der Waals surface area contributed by atoms with Gasteiger partial charge in [-0.25, -0.2) is 0 Å². The minimum atomic E-state index is -2.54. The SMILES string of the molecule is CCCC1O[C@H]1/C=C/C(=O)[C@]1(O)C(=O)NC(CO)[C@@H]1O. The number of carbonyl (C=O) groups is 2. The number of hydrogen-bond acceptors (Lipinski definition) is 6. The first-order valence-electron chi connectivity index (χ1n) is 6.65. The quantitative estimate of drug-likeness (QED) is 0.261. The molecule has 2 unspecified atom stereocenters. The number of aliphatic hydroxyl groups excluding tert-OH is 2. The van der Waals surface area contributed by atoms with E-state index in [0.717, 1.165) is 18.9 Å². The van der Waals surface area contributed by atoms with Crippen LogP contribution in [0.15, 0.2) is 12.2 Å². The van der Waals surface area contributed by atoms with Crippen LogP contribution in [-0.2, 0) is 14.3 Å². The normalized spacial score (nSPS) is 40.1. The molecular formula is C13H19NO6. The Morgan fingerprint density at radius 2 is 2.25 bits per heavy atom. The van der Waals surface area contributed by atoms with E-state index in [1.807, 2.05) is 6.92 Å². The van der Waals surface area contributed by atoms with Crippen molar-refractivity contribution in [3.8, 4) is 0 Å². The summed E-state index contributed by atoms with van der Waals surface area (Å²) in [7, 11) is 0. The molecule has 0 aromatic carbocycles. The molecule has 0 bridgehead atoms. The Morgan fingerprint density at radius 3 is 2.80 bits per heavy atom. The number of carbonyl (C=O) groups excluding carboxylic acids is 2. The molecule has 2 saturated heterocycles. The molecule has 0 aromatic rings. The number of hydrogen-bond donors (Lipinski definition) is 4. The lowest BCUT2D eigenvalue weighted by Gasteiger charge is -2.21. The van der Waals surface area contributed by atoms with E-state index >= 15 is 0 Å². The molecular weight excluding hydrogens is 266 g/mol. The predicted octanol–water partition coefficient (Wildman–Crippen LogP) is -1.74. The molecule has 112 valence electrons. The fourth-order valence-electron chi connectivity index (χ4n) is 2.34. The highest BCUT2D eigenvalue weighted by Gasteiger charge is 2.58. The highest BCUT2D eigenvalue weighted by Crippen LogP contribution is 2.28. The largest absolute Gasteiger partial charge is 0.394 e. The number of ketones is 1. The van der Waals surface area contributed by atoms with Crippen molar-refractivity contribution in [1.82, 2.24) is 5.32 Å². The minimum Gasteiger partial charge on any atom is -0.394 e. The van der Waals surface area contributed by atoms with Crippen LogP contribution in [0.25, 0.3) is 0 Å². The van der Waals surface area contributed by atoms with E-state index in [2.05, 4.69) is 5.32 Å². The summed E-state index contributed by atoms with van der Waals surface area (Å²) in [5.74, 6) is -1.91. The maximum atomic E-state index is 12.0. The smallest absolute Gasteiger partial charge is 0.263 e. The number of amides is 1. The van der Waals surface area contributed by atoms with Crippen molar-refractivity contribution in [1.29, 1.82) is 0 Å². The standard InChI is InChI=1S/C13H19NO6/c1-2-3-8-9(20-8)4-5-10(16)13(19)11(17)7(6-15)14-12(13)18/h4-5,7-9,11,15,17,19H,2-3,6H2,1H3,(H,14,18)/b5-4+/t7?,8?,9-,11-,13+/m0/s1. The van der Waals surface area contributed by atoms with Crippen molar-refractivity contribution >= 4 is 11.7 Å². The van der Waals surface area contributed by atoms with Crippen LogP contribution in [-0.4, -0.2) is 63.6 Å². The van der Waals surface area contributed by atoms with Gasteiger partial charge >= 0.3 is 0 Å². The Morgan fingerprint density at radius 1 is 1.55 bits per heavy atom. The summed E-state index contributed by atoms with van der Waals surface area (Å²) in [6.07, 6.45) is 2.60. The average molecular weight is 285 g/mol. The van der Waals surface area contributed by atoms with Crippen LogP contribution in [0.4, 0.5) is 0 Å². The molecule has 2 aliphatic heterocycles. The number of nitrogens with one attached hydrogen (secondary N) is 1. The minimum absolute atomic E-state index is 0.0752. The van der Waals surface area contributed by atoms with E-state index in [0.29, 0.717) is 0 Å². The number of epoxide rings is 1. The monoisotopic (exact) mass is 285 g/mol. The first kappa shape index (κ1) is 15.1. The van der Waals surface area contributed by atoms with Crippen molar-refractivity contribution in [3.63, 3.8) is 0 Å². The van der Waals surface area contributed by atoms with Crippen molar-refractivity contribution in [3.05, 3.63) is 12.2 Å². The van der Waals surface area contributed by atoms with E-state index in [-0.39, 0.29) is 12.2 Å². The number of ether oxygens (including phenoxy) is 1. The molecule has 7 nitrogen and oxygen atoms in total. The van der Waals surface area contributed by atoms with Gasteiger partial charge in [0.15, 0.2) is 5.78 Å². The summed E-state index contributed by atoms with van der Waals surface area (Å²) in [4.78, 5) is 23.6. The molecule has 0 saturated carbocycles. The Balaban J connectivity index is 2.01. The van der Waals surface area contributed by atoms with E-state index in [1.54, 1.807) is 0 Å². The molecule has 2 heterocycles. The fraction of sp³-hybridized carbons (Fsp3) is 0.692. The highest BCUT2D eigenvalue weighted by molar-refractivity contribution is 6.16. The molecule has 1 amide bonds. The van der Waals surface area contributed by atoms with Gasteiger partial charge in [0.2, 0.25) is 5.60 Å². The maximum Gasteiger partial charge on any atom is 0.263 e. The Bertz CT molecular complexity index is 437. The summed E-state index contributed by atoms with van der Waals surface area (Å²) in [6.45, 7) is 1.46. The van der Waals surface area contributed by atoms with E-state index in [4.69, 9.17) is 9.84 Å². The van der Waals surface area contributed by atoms with Gasteiger partial charge in [-0.05, 0) is 18.6 Å². The van der Waals surface area contributed by atoms with Crippen molar-refractivity contribution in [2.45, 2.75) is 49.7 Å². The predicted molar refractivity (Wildman–Crippen MR) is 67.7 cm³/mol. The third-order valence-corrected chi connectivity index (χ3v) is 3.68. The third-order valence-electron chi connectivity index (χ3n) is 3.68. The molecule has 7 heteroatoms. The second-order valence-corrected chi connectivity index (χ2v) is 5.12. The van der Waals surface area contributed by atoms with Crippen LogP contribution in [0.5, 0.6) is 0 Å². The summed E-state index contributed by atoms with van der Waals surface area (Å²) in [5.41, 5.74) is -2.54. The second kappa shape index (κ2) is 5.61. The second-order valence-electron chi connectivity index (χ2n) is 5.12. The summed E-state index contributed by atoms with van der Waals surface area (Å²) in [6, 6.07) is -1.05. The van der Waals surface area contributed by atoms with E-state index in [9.17, 15) is 19.8 Å². The van der Waals surface area contributed by atoms with Crippen molar-refractivity contribution in [2.75, 3.05) is 6.61 Å². The molecule has 0 aliphatic carbocycles. The van der Waals surface area contributed by atoms with Crippen LogP contribution in [0, 0.1) is 0 Å². The zero-order valence-corrected chi connectivity index (χ0v) is 11.2. The molecule has 4 N–H and O–H groups in total. The summed E-state index contributed by atoms with van der Waals surface area (Å²) in [5, 5.41) is 31.0. The summed E-state index contributed by atoms with van der Waals surface area (Å²) >= 11 is 0. The van der Waals surface area contributed by atoms with Gasteiger partial charge in [-0.15, -0.1) is 0 Å². The van der Waals surface area contributed by atoms with Gasteiger partial charge in [-0.3, -0.25) is 9.59 Å². The van der Waals surface area contributed by atoms with Crippen LogP contribution >= 0.6 is 0 Å². The molecule has 0 spiro atoms. The molecule has 0 aromatic heterocycles. The average Bonchev–Trinajstić information content (AvgIpc) is 3.13.